The van der Waals surface area contributed by atoms with E-state index >= 15 is 0 Å². The average molecular weight is 1150 g/mol. The summed E-state index contributed by atoms with van der Waals surface area (Å²) in [5.74, 6) is -0.906. The monoisotopic (exact) mass is 1150 g/mol. The van der Waals surface area contributed by atoms with Crippen LogP contribution in [0.5, 0.6) is 0 Å². The molecule has 0 spiro atoms. The molecule has 0 saturated heterocycles. The molecule has 0 amide bonds. The quantitative estimate of drug-likeness (QED) is 0.0261. The van der Waals surface area contributed by atoms with Gasteiger partial charge in [-0.15, -0.1) is 0 Å². The highest BCUT2D eigenvalue weighted by molar-refractivity contribution is 5.71. The van der Waals surface area contributed by atoms with Crippen LogP contribution in [0.2, 0.25) is 0 Å². The van der Waals surface area contributed by atoms with Gasteiger partial charge in [0.15, 0.2) is 6.10 Å². The molecule has 0 saturated carbocycles. The smallest absolute Gasteiger partial charge is 0.306 e. The van der Waals surface area contributed by atoms with Crippen LogP contribution in [-0.2, 0) is 28.6 Å². The third-order valence-electron chi connectivity index (χ3n) is 14.6. The second-order valence-corrected chi connectivity index (χ2v) is 22.7. The minimum absolute atomic E-state index is 0.0896. The van der Waals surface area contributed by atoms with Crippen LogP contribution >= 0.6 is 0 Å². The van der Waals surface area contributed by atoms with E-state index in [1.165, 1.54) is 135 Å². The van der Waals surface area contributed by atoms with Crippen molar-refractivity contribution in [1.82, 2.24) is 0 Å². The maximum Gasteiger partial charge on any atom is 0.306 e. The van der Waals surface area contributed by atoms with Crippen LogP contribution in [0, 0.1) is 0 Å². The lowest BCUT2D eigenvalue weighted by molar-refractivity contribution is -0.167. The van der Waals surface area contributed by atoms with Crippen LogP contribution in [0.4, 0.5) is 0 Å². The highest BCUT2D eigenvalue weighted by atomic mass is 16.6. The molecule has 6 heteroatoms. The maximum absolute atomic E-state index is 12.9. The molecule has 0 radical (unpaired) electrons. The molecule has 1 unspecified atom stereocenters. The van der Waals surface area contributed by atoms with Crippen LogP contribution in [0.25, 0.3) is 0 Å². The number of hydrogen-bond donors (Lipinski definition) is 0. The Morgan fingerprint density at radius 2 is 0.470 bits per heavy atom. The first kappa shape index (κ1) is 78.5. The zero-order chi connectivity index (χ0) is 59.9. The van der Waals surface area contributed by atoms with Gasteiger partial charge in [-0.1, -0.05) is 289 Å². The zero-order valence-electron chi connectivity index (χ0n) is 54.2. The van der Waals surface area contributed by atoms with Gasteiger partial charge in [-0.05, 0) is 141 Å². The van der Waals surface area contributed by atoms with Gasteiger partial charge in [-0.3, -0.25) is 14.4 Å². The third kappa shape index (κ3) is 68.2. The predicted molar refractivity (Wildman–Crippen MR) is 362 cm³/mol. The van der Waals surface area contributed by atoms with E-state index in [9.17, 15) is 14.4 Å². The van der Waals surface area contributed by atoms with Crippen molar-refractivity contribution in [3.63, 3.8) is 0 Å². The predicted octanol–water partition coefficient (Wildman–Crippen LogP) is 24.1. The Balaban J connectivity index is 4.34. The van der Waals surface area contributed by atoms with E-state index in [-0.39, 0.29) is 31.1 Å². The number of esters is 3. The van der Waals surface area contributed by atoms with Gasteiger partial charge in [0.05, 0.1) is 0 Å². The summed E-state index contributed by atoms with van der Waals surface area (Å²) in [7, 11) is 0. The fraction of sp³-hybridized carbons (Fsp3) is 0.675. The van der Waals surface area contributed by atoms with E-state index in [0.29, 0.717) is 19.3 Å². The van der Waals surface area contributed by atoms with E-state index in [4.69, 9.17) is 14.2 Å². The molecule has 472 valence electrons. The fourth-order valence-corrected chi connectivity index (χ4v) is 9.43. The number of ether oxygens (including phenoxy) is 3. The van der Waals surface area contributed by atoms with Gasteiger partial charge in [0.1, 0.15) is 13.2 Å². The molecule has 0 aliphatic rings. The summed E-state index contributed by atoms with van der Waals surface area (Å²) >= 11 is 0. The lowest BCUT2D eigenvalue weighted by Gasteiger charge is -2.18. The maximum atomic E-state index is 12.9. The van der Waals surface area contributed by atoms with Gasteiger partial charge in [0.25, 0.3) is 0 Å². The lowest BCUT2D eigenvalue weighted by Crippen LogP contribution is -2.30. The highest BCUT2D eigenvalue weighted by Crippen LogP contribution is 2.16. The molecule has 0 rings (SSSR count). The number of rotatable bonds is 62. The number of carbonyl (C=O) groups excluding carboxylic acids is 3. The Labute approximate surface area is 513 Å². The molecule has 0 aromatic rings. The molecular formula is C77H128O6. The lowest BCUT2D eigenvalue weighted by atomic mass is 10.1. The van der Waals surface area contributed by atoms with Crippen LogP contribution in [0.15, 0.2) is 134 Å². The molecule has 0 aliphatic heterocycles. The minimum Gasteiger partial charge on any atom is -0.462 e. The molecule has 0 aliphatic carbocycles. The van der Waals surface area contributed by atoms with E-state index in [1.807, 2.05) is 0 Å². The molecule has 83 heavy (non-hydrogen) atoms. The Morgan fingerprint density at radius 1 is 0.253 bits per heavy atom. The standard InChI is InChI=1S/C77H128O6/c1-4-7-10-13-16-19-22-25-28-30-32-33-34-35-36-37-38-39-40-41-42-43-45-46-49-52-55-58-61-64-67-70-76(79)82-73-74(72-81-75(78)69-66-63-60-57-54-51-48-27-24-21-18-15-12-9-6-3)83-77(80)71-68-65-62-59-56-53-50-47-44-31-29-26-23-20-17-14-11-8-5-2/h7,10,16-21,25-29,32-33,35-36,38-39,41-42,48,74H,4-6,8-9,11-15,22-24,30-31,34,37,40,43-47,49-73H2,1-3H3/b10-7-,19-16-,20-17-,21-18-,28-25-,29-26-,33-32-,36-35-,39-38-,42-41-,48-27-. The van der Waals surface area contributed by atoms with Gasteiger partial charge < -0.3 is 14.2 Å². The Kier molecular flexibility index (Phi) is 66.3. The molecule has 1 atom stereocenters. The first-order valence-corrected chi connectivity index (χ1v) is 34.7. The van der Waals surface area contributed by atoms with Crippen molar-refractivity contribution in [2.24, 2.45) is 0 Å². The number of unbranched alkanes of at least 4 members (excludes halogenated alkanes) is 29. The molecule has 0 aromatic carbocycles. The summed E-state index contributed by atoms with van der Waals surface area (Å²) in [4.78, 5) is 38.4. The molecule has 0 heterocycles. The fourth-order valence-electron chi connectivity index (χ4n) is 9.43. The molecule has 6 nitrogen and oxygen atoms in total. The van der Waals surface area contributed by atoms with Gasteiger partial charge in [-0.2, -0.15) is 0 Å². The normalized spacial score (nSPS) is 13.0. The first-order valence-electron chi connectivity index (χ1n) is 34.7. The van der Waals surface area contributed by atoms with Gasteiger partial charge >= 0.3 is 17.9 Å². The van der Waals surface area contributed by atoms with Gasteiger partial charge in [0, 0.05) is 19.3 Å². The van der Waals surface area contributed by atoms with Crippen LogP contribution in [-0.4, -0.2) is 37.2 Å². The number of allylic oxidation sites excluding steroid dienone is 22. The largest absolute Gasteiger partial charge is 0.462 e. The van der Waals surface area contributed by atoms with E-state index < -0.39 is 6.10 Å². The summed E-state index contributed by atoms with van der Waals surface area (Å²) in [5.41, 5.74) is 0. The molecule has 0 N–H and O–H groups in total. The Morgan fingerprint density at radius 3 is 0.735 bits per heavy atom. The summed E-state index contributed by atoms with van der Waals surface area (Å²) in [6.45, 7) is 6.48. The van der Waals surface area contributed by atoms with Crippen molar-refractivity contribution >= 4 is 17.9 Å². The van der Waals surface area contributed by atoms with Crippen molar-refractivity contribution in [2.75, 3.05) is 13.2 Å². The molecule has 0 aromatic heterocycles. The summed E-state index contributed by atoms with van der Waals surface area (Å²) in [6.07, 6.45) is 98.9. The SMILES string of the molecule is CC/C=C\C/C=C\C/C=C\C/C=C\C/C=C\C/C=C\C/C=C\CCCCCCCCCCCC(=O)OCC(COC(=O)CCCCCCC/C=C\C/C=C\CCCCC)OC(=O)CCCCCCCCCCC/C=C\C/C=C\CCCCC. The topological polar surface area (TPSA) is 78.9 Å². The number of hydrogen-bond acceptors (Lipinski definition) is 6. The van der Waals surface area contributed by atoms with Gasteiger partial charge in [-0.25, -0.2) is 0 Å². The van der Waals surface area contributed by atoms with Crippen LogP contribution in [0.3, 0.4) is 0 Å². The summed E-state index contributed by atoms with van der Waals surface area (Å²) < 4.78 is 17.0. The van der Waals surface area contributed by atoms with Crippen molar-refractivity contribution in [3.8, 4) is 0 Å². The van der Waals surface area contributed by atoms with Crippen molar-refractivity contribution in [2.45, 2.75) is 322 Å². The van der Waals surface area contributed by atoms with E-state index in [0.717, 1.165) is 141 Å². The van der Waals surface area contributed by atoms with Crippen molar-refractivity contribution in [3.05, 3.63) is 134 Å². The molecular weight excluding hydrogens is 1020 g/mol. The average Bonchev–Trinajstić information content (AvgIpc) is 3.49. The molecule has 0 bridgehead atoms. The second kappa shape index (κ2) is 70.0. The van der Waals surface area contributed by atoms with Crippen LogP contribution < -0.4 is 0 Å². The molecule has 0 fully saturated rings. The second-order valence-electron chi connectivity index (χ2n) is 22.7. The van der Waals surface area contributed by atoms with E-state index in [1.54, 1.807) is 0 Å². The first-order chi connectivity index (χ1) is 41.0. The zero-order valence-corrected chi connectivity index (χ0v) is 54.2. The third-order valence-corrected chi connectivity index (χ3v) is 14.6. The minimum atomic E-state index is -0.794. The van der Waals surface area contributed by atoms with Crippen molar-refractivity contribution in [1.29, 1.82) is 0 Å². The highest BCUT2D eigenvalue weighted by Gasteiger charge is 2.19. The number of carbonyl (C=O) groups is 3. The van der Waals surface area contributed by atoms with E-state index in [2.05, 4.69) is 154 Å². The Bertz CT molecular complexity index is 1750. The van der Waals surface area contributed by atoms with Gasteiger partial charge in [0.2, 0.25) is 0 Å². The Hall–Kier alpha value is -4.45. The van der Waals surface area contributed by atoms with Crippen molar-refractivity contribution < 1.29 is 28.6 Å². The summed E-state index contributed by atoms with van der Waals surface area (Å²) in [5, 5.41) is 0. The van der Waals surface area contributed by atoms with Crippen LogP contribution in [0.1, 0.15) is 316 Å². The summed E-state index contributed by atoms with van der Waals surface area (Å²) in [6, 6.07) is 0.